The first-order valence-electron chi connectivity index (χ1n) is 6.88. The maximum absolute atomic E-state index is 12.5. The third kappa shape index (κ3) is 3.69. The smallest absolute Gasteiger partial charge is 0.409 e. The van der Waals surface area contributed by atoms with E-state index in [-0.39, 0.29) is 12.5 Å². The number of ether oxygens (including phenoxy) is 1. The van der Waals surface area contributed by atoms with Gasteiger partial charge < -0.3 is 14.5 Å². The summed E-state index contributed by atoms with van der Waals surface area (Å²) in [6, 6.07) is 7.90. The van der Waals surface area contributed by atoms with Crippen molar-refractivity contribution in [2.75, 3.05) is 32.1 Å². The largest absolute Gasteiger partial charge is 0.453 e. The summed E-state index contributed by atoms with van der Waals surface area (Å²) >= 11 is 1.78. The monoisotopic (exact) mass is 308 g/mol. The number of amides is 2. The summed E-state index contributed by atoms with van der Waals surface area (Å²) in [4.78, 5) is 28.1. The highest BCUT2D eigenvalue weighted by Crippen LogP contribution is 2.37. The second kappa shape index (κ2) is 6.85. The van der Waals surface area contributed by atoms with E-state index in [1.165, 1.54) is 12.0 Å². The summed E-state index contributed by atoms with van der Waals surface area (Å²) in [6.07, 6.45) is 0.418. The number of rotatable bonds is 2. The minimum atomic E-state index is -0.505. The van der Waals surface area contributed by atoms with Crippen LogP contribution in [0.15, 0.2) is 29.2 Å². The van der Waals surface area contributed by atoms with Crippen molar-refractivity contribution in [2.24, 2.45) is 0 Å². The molecule has 6 heteroatoms. The van der Waals surface area contributed by atoms with E-state index in [0.29, 0.717) is 11.8 Å². The average Bonchev–Trinajstić information content (AvgIpc) is 2.64. The second-order valence-electron chi connectivity index (χ2n) is 5.06. The molecule has 2 amide bonds. The SMILES string of the molecule is COC(=O)N(C)CC(=O)N1CC[C@H](C)Sc2ccccc21. The lowest BCUT2D eigenvalue weighted by atomic mass is 10.2. The van der Waals surface area contributed by atoms with E-state index in [0.717, 1.165) is 17.0 Å². The Labute approximate surface area is 129 Å². The predicted molar refractivity (Wildman–Crippen MR) is 83.8 cm³/mol. The zero-order valence-electron chi connectivity index (χ0n) is 12.5. The minimum absolute atomic E-state index is 0.0139. The fraction of sp³-hybridized carbons (Fsp3) is 0.467. The van der Waals surface area contributed by atoms with Crippen LogP contribution in [0.2, 0.25) is 0 Å². The normalized spacial score (nSPS) is 17.7. The van der Waals surface area contributed by atoms with Crippen LogP contribution in [0.1, 0.15) is 13.3 Å². The third-order valence-corrected chi connectivity index (χ3v) is 4.64. The van der Waals surface area contributed by atoms with Crippen molar-refractivity contribution in [1.82, 2.24) is 4.90 Å². The molecule has 1 aromatic rings. The zero-order valence-corrected chi connectivity index (χ0v) is 13.4. The van der Waals surface area contributed by atoms with Gasteiger partial charge in [-0.2, -0.15) is 0 Å². The molecule has 0 fully saturated rings. The number of anilines is 1. The number of carbonyl (C=O) groups is 2. The summed E-state index contributed by atoms with van der Waals surface area (Å²) in [5.41, 5.74) is 0.926. The van der Waals surface area contributed by atoms with Crippen molar-refractivity contribution in [3.05, 3.63) is 24.3 Å². The Morgan fingerprint density at radius 2 is 2.14 bits per heavy atom. The molecular weight excluding hydrogens is 288 g/mol. The van der Waals surface area contributed by atoms with E-state index >= 15 is 0 Å². The molecule has 0 radical (unpaired) electrons. The average molecular weight is 308 g/mol. The highest BCUT2D eigenvalue weighted by molar-refractivity contribution is 8.00. The van der Waals surface area contributed by atoms with Gasteiger partial charge in [0.1, 0.15) is 6.54 Å². The molecule has 0 aliphatic carbocycles. The number of fused-ring (bicyclic) bond motifs is 1. The van der Waals surface area contributed by atoms with Gasteiger partial charge in [0.15, 0.2) is 0 Å². The molecule has 1 heterocycles. The van der Waals surface area contributed by atoms with Gasteiger partial charge in [-0.05, 0) is 18.6 Å². The van der Waals surface area contributed by atoms with Crippen molar-refractivity contribution in [2.45, 2.75) is 23.5 Å². The fourth-order valence-corrected chi connectivity index (χ4v) is 3.37. The summed E-state index contributed by atoms with van der Waals surface area (Å²) < 4.78 is 4.62. The number of para-hydroxylation sites is 1. The molecule has 0 N–H and O–H groups in total. The van der Waals surface area contributed by atoms with Gasteiger partial charge in [-0.3, -0.25) is 4.79 Å². The molecule has 1 aliphatic heterocycles. The van der Waals surface area contributed by atoms with Crippen molar-refractivity contribution in [3.8, 4) is 0 Å². The highest BCUT2D eigenvalue weighted by Gasteiger charge is 2.25. The molecule has 0 spiro atoms. The van der Waals surface area contributed by atoms with Crippen molar-refractivity contribution < 1.29 is 14.3 Å². The molecule has 5 nitrogen and oxygen atoms in total. The van der Waals surface area contributed by atoms with Crippen molar-refractivity contribution in [1.29, 1.82) is 0 Å². The van der Waals surface area contributed by atoms with E-state index in [4.69, 9.17) is 0 Å². The van der Waals surface area contributed by atoms with E-state index in [2.05, 4.69) is 11.7 Å². The van der Waals surface area contributed by atoms with Crippen molar-refractivity contribution in [3.63, 3.8) is 0 Å². The van der Waals surface area contributed by atoms with Gasteiger partial charge >= 0.3 is 6.09 Å². The Bertz CT molecular complexity index is 535. The summed E-state index contributed by atoms with van der Waals surface area (Å²) in [7, 11) is 2.87. The van der Waals surface area contributed by atoms with Crippen LogP contribution in [0.5, 0.6) is 0 Å². The molecule has 1 aromatic carbocycles. The van der Waals surface area contributed by atoms with E-state index in [9.17, 15) is 9.59 Å². The Balaban J connectivity index is 2.19. The van der Waals surface area contributed by atoms with Crippen LogP contribution in [-0.2, 0) is 9.53 Å². The summed E-state index contributed by atoms with van der Waals surface area (Å²) in [6.45, 7) is 2.84. The molecular formula is C15H20N2O3S. The molecule has 0 aromatic heterocycles. The Morgan fingerprint density at radius 3 is 2.86 bits per heavy atom. The number of likely N-dealkylation sites (N-methyl/N-ethyl adjacent to an activating group) is 1. The van der Waals surface area contributed by atoms with E-state index in [1.54, 1.807) is 23.7 Å². The van der Waals surface area contributed by atoms with E-state index in [1.807, 2.05) is 24.3 Å². The number of benzene rings is 1. The fourth-order valence-electron chi connectivity index (χ4n) is 2.25. The van der Waals surface area contributed by atoms with Gasteiger partial charge in [-0.1, -0.05) is 19.1 Å². The summed E-state index contributed by atoms with van der Waals surface area (Å²) in [5.74, 6) is -0.0925. The minimum Gasteiger partial charge on any atom is -0.453 e. The lowest BCUT2D eigenvalue weighted by molar-refractivity contribution is -0.119. The highest BCUT2D eigenvalue weighted by atomic mass is 32.2. The van der Waals surface area contributed by atoms with Crippen LogP contribution in [0, 0.1) is 0 Å². The molecule has 0 saturated carbocycles. The Morgan fingerprint density at radius 1 is 1.43 bits per heavy atom. The molecule has 2 rings (SSSR count). The zero-order chi connectivity index (χ0) is 15.4. The third-order valence-electron chi connectivity index (χ3n) is 3.40. The number of hydrogen-bond donors (Lipinski definition) is 0. The molecule has 1 atom stereocenters. The topological polar surface area (TPSA) is 49.9 Å². The van der Waals surface area contributed by atoms with Gasteiger partial charge in [-0.25, -0.2) is 4.79 Å². The van der Waals surface area contributed by atoms with E-state index < -0.39 is 6.09 Å². The van der Waals surface area contributed by atoms with Crippen LogP contribution >= 0.6 is 11.8 Å². The molecule has 114 valence electrons. The quantitative estimate of drug-likeness (QED) is 0.842. The standard InChI is InChI=1S/C15H20N2O3S/c1-11-8-9-17(12-6-4-5-7-13(12)21-11)14(18)10-16(2)15(19)20-3/h4-7,11H,8-10H2,1-3H3/t11-/m0/s1. The number of carbonyl (C=O) groups excluding carboxylic acids is 2. The first-order valence-corrected chi connectivity index (χ1v) is 7.76. The maximum atomic E-state index is 12.5. The van der Waals surface area contributed by atoms with Gasteiger partial charge in [0.25, 0.3) is 0 Å². The lowest BCUT2D eigenvalue weighted by Gasteiger charge is -2.25. The van der Waals surface area contributed by atoms with Crippen LogP contribution in [0.3, 0.4) is 0 Å². The van der Waals surface area contributed by atoms with Gasteiger partial charge in [0.2, 0.25) is 5.91 Å². The first-order chi connectivity index (χ1) is 10.0. The summed E-state index contributed by atoms with van der Waals surface area (Å²) in [5, 5.41) is 0.460. The van der Waals surface area contributed by atoms with Crippen molar-refractivity contribution >= 4 is 29.4 Å². The van der Waals surface area contributed by atoms with Gasteiger partial charge in [0.05, 0.1) is 12.8 Å². The molecule has 0 unspecified atom stereocenters. The lowest BCUT2D eigenvalue weighted by Crippen LogP contribution is -2.41. The maximum Gasteiger partial charge on any atom is 0.409 e. The number of hydrogen-bond acceptors (Lipinski definition) is 4. The number of methoxy groups -OCH3 is 1. The molecule has 1 aliphatic rings. The molecule has 0 bridgehead atoms. The molecule has 21 heavy (non-hydrogen) atoms. The Hall–Kier alpha value is -1.69. The Kier molecular flexibility index (Phi) is 5.12. The molecule has 0 saturated heterocycles. The van der Waals surface area contributed by atoms with Gasteiger partial charge in [0, 0.05) is 23.7 Å². The first kappa shape index (κ1) is 15.7. The number of thioether (sulfide) groups is 1. The van der Waals surface area contributed by atoms with Crippen LogP contribution in [0.4, 0.5) is 10.5 Å². The number of nitrogens with zero attached hydrogens (tertiary/aromatic N) is 2. The van der Waals surface area contributed by atoms with Crippen LogP contribution in [-0.4, -0.2) is 49.4 Å². The van der Waals surface area contributed by atoms with Crippen LogP contribution < -0.4 is 4.90 Å². The van der Waals surface area contributed by atoms with Crippen LogP contribution in [0.25, 0.3) is 0 Å². The van der Waals surface area contributed by atoms with Gasteiger partial charge in [-0.15, -0.1) is 11.8 Å². The predicted octanol–water partition coefficient (Wildman–Crippen LogP) is 2.60. The second-order valence-corrected chi connectivity index (χ2v) is 6.54.